The molecule has 3 N–H and O–H groups in total. The number of amides is 1. The number of rotatable bonds is 7. The zero-order valence-electron chi connectivity index (χ0n) is 23.3. The molecule has 0 saturated carbocycles. The number of anilines is 1. The molecule has 1 fully saturated rings. The number of hydrogen-bond acceptors (Lipinski definition) is 6. The Bertz CT molecular complexity index is 1570. The van der Waals surface area contributed by atoms with E-state index in [-0.39, 0.29) is 37.6 Å². The summed E-state index contributed by atoms with van der Waals surface area (Å²) in [6.07, 6.45) is -0.140. The third-order valence-corrected chi connectivity index (χ3v) is 8.23. The molecule has 1 amide bonds. The molecule has 2 aromatic carbocycles. The average molecular weight is 549 g/mol. The number of halogens is 1. The Morgan fingerprint density at radius 1 is 1.20 bits per heavy atom. The van der Waals surface area contributed by atoms with Gasteiger partial charge in [-0.3, -0.25) is 4.79 Å². The van der Waals surface area contributed by atoms with Gasteiger partial charge in [0.25, 0.3) is 5.91 Å². The van der Waals surface area contributed by atoms with Crippen LogP contribution in [0.1, 0.15) is 43.1 Å². The van der Waals surface area contributed by atoms with Gasteiger partial charge in [-0.25, -0.2) is 9.37 Å². The zero-order chi connectivity index (χ0) is 28.1. The van der Waals surface area contributed by atoms with Gasteiger partial charge >= 0.3 is 0 Å². The Hall–Kier alpha value is -3.63. The number of alkyl halides is 1. The van der Waals surface area contributed by atoms with Crippen molar-refractivity contribution in [3.8, 4) is 17.3 Å². The molecule has 0 spiro atoms. The SMILES string of the molecule is CCn1c(-c2cc3cccc4c3n2C(C)CN4CCCO)nc2cc(C(=O)N3C[C@H](N)C[C@@H](F)C3)cc(OC)c21. The van der Waals surface area contributed by atoms with Gasteiger partial charge < -0.3 is 34.5 Å². The maximum Gasteiger partial charge on any atom is 0.254 e. The number of imidazole rings is 1. The molecule has 212 valence electrons. The smallest absolute Gasteiger partial charge is 0.254 e. The van der Waals surface area contributed by atoms with E-state index in [9.17, 15) is 14.3 Å². The number of nitrogens with zero attached hydrogens (tertiary/aromatic N) is 5. The summed E-state index contributed by atoms with van der Waals surface area (Å²) in [5.74, 6) is 1.09. The Labute approximate surface area is 232 Å². The predicted octanol–water partition coefficient (Wildman–Crippen LogP) is 3.96. The van der Waals surface area contributed by atoms with Gasteiger partial charge in [-0.15, -0.1) is 0 Å². The maximum absolute atomic E-state index is 14.2. The Morgan fingerprint density at radius 3 is 2.75 bits per heavy atom. The normalized spacial score (nSPS) is 21.0. The molecule has 10 heteroatoms. The molecule has 2 aliphatic rings. The van der Waals surface area contributed by atoms with E-state index < -0.39 is 6.17 Å². The van der Waals surface area contributed by atoms with Gasteiger partial charge in [0, 0.05) is 55.8 Å². The van der Waals surface area contributed by atoms with E-state index in [0.29, 0.717) is 29.9 Å². The molecule has 1 unspecified atom stereocenters. The fourth-order valence-electron chi connectivity index (χ4n) is 6.56. The molecule has 40 heavy (non-hydrogen) atoms. The number of aliphatic hydroxyl groups excluding tert-OH is 1. The minimum Gasteiger partial charge on any atom is -0.494 e. The highest BCUT2D eigenvalue weighted by Crippen LogP contribution is 2.42. The number of nitrogens with two attached hydrogens (primary N) is 1. The van der Waals surface area contributed by atoms with E-state index in [1.807, 2.05) is 0 Å². The van der Waals surface area contributed by atoms with Gasteiger partial charge in [0.1, 0.15) is 17.4 Å². The van der Waals surface area contributed by atoms with Crippen LogP contribution in [0, 0.1) is 0 Å². The lowest BCUT2D eigenvalue weighted by molar-refractivity contribution is 0.0606. The average Bonchev–Trinajstić information content (AvgIpc) is 3.52. The number of carbonyl (C=O) groups excluding carboxylic acids is 1. The maximum atomic E-state index is 14.2. The third kappa shape index (κ3) is 4.30. The molecular weight excluding hydrogens is 511 g/mol. The van der Waals surface area contributed by atoms with Crippen molar-refractivity contribution in [2.24, 2.45) is 5.73 Å². The lowest BCUT2D eigenvalue weighted by atomic mass is 10.0. The van der Waals surface area contributed by atoms with Crippen LogP contribution in [0.3, 0.4) is 0 Å². The van der Waals surface area contributed by atoms with Gasteiger partial charge in [-0.05, 0) is 51.0 Å². The van der Waals surface area contributed by atoms with Crippen molar-refractivity contribution in [3.63, 3.8) is 0 Å². The largest absolute Gasteiger partial charge is 0.494 e. The summed E-state index contributed by atoms with van der Waals surface area (Å²) in [5, 5.41) is 10.6. The van der Waals surface area contributed by atoms with Crippen molar-refractivity contribution in [2.45, 2.75) is 51.5 Å². The molecule has 4 aromatic rings. The zero-order valence-corrected chi connectivity index (χ0v) is 23.3. The summed E-state index contributed by atoms with van der Waals surface area (Å²) >= 11 is 0. The molecule has 2 aliphatic heterocycles. The van der Waals surface area contributed by atoms with Crippen molar-refractivity contribution in [2.75, 3.05) is 44.8 Å². The highest BCUT2D eigenvalue weighted by Gasteiger charge is 2.31. The molecule has 9 nitrogen and oxygen atoms in total. The van der Waals surface area contributed by atoms with E-state index in [0.717, 1.165) is 53.1 Å². The summed E-state index contributed by atoms with van der Waals surface area (Å²) < 4.78 is 24.5. The number of benzene rings is 2. The molecule has 0 bridgehead atoms. The first-order valence-electron chi connectivity index (χ1n) is 14.1. The Balaban J connectivity index is 1.49. The predicted molar refractivity (Wildman–Crippen MR) is 155 cm³/mol. The number of hydrogen-bond donors (Lipinski definition) is 2. The highest BCUT2D eigenvalue weighted by molar-refractivity contribution is 6.01. The number of ether oxygens (including phenoxy) is 1. The number of likely N-dealkylation sites (tertiary alicyclic amines) is 1. The molecule has 1 saturated heterocycles. The molecule has 2 aromatic heterocycles. The molecule has 0 aliphatic carbocycles. The van der Waals surface area contributed by atoms with Crippen molar-refractivity contribution < 1.29 is 19.0 Å². The van der Waals surface area contributed by atoms with Crippen LogP contribution in [-0.4, -0.2) is 82.1 Å². The lowest BCUT2D eigenvalue weighted by Crippen LogP contribution is -2.50. The first-order chi connectivity index (χ1) is 19.3. The summed E-state index contributed by atoms with van der Waals surface area (Å²) in [4.78, 5) is 22.4. The van der Waals surface area contributed by atoms with Crippen LogP contribution in [0.4, 0.5) is 10.1 Å². The summed E-state index contributed by atoms with van der Waals surface area (Å²) in [5.41, 5.74) is 11.2. The van der Waals surface area contributed by atoms with E-state index in [1.165, 1.54) is 4.90 Å². The summed E-state index contributed by atoms with van der Waals surface area (Å²) in [6.45, 7) is 7.10. The number of aryl methyl sites for hydroxylation is 1. The van der Waals surface area contributed by atoms with Crippen LogP contribution in [0.15, 0.2) is 36.4 Å². The van der Waals surface area contributed by atoms with Gasteiger partial charge in [0.05, 0.1) is 36.1 Å². The van der Waals surface area contributed by atoms with E-state index >= 15 is 0 Å². The van der Waals surface area contributed by atoms with Crippen molar-refractivity contribution in [3.05, 3.63) is 42.0 Å². The fourth-order valence-corrected chi connectivity index (χ4v) is 6.56. The van der Waals surface area contributed by atoms with Gasteiger partial charge in [-0.1, -0.05) is 12.1 Å². The van der Waals surface area contributed by atoms with Crippen molar-refractivity contribution in [1.82, 2.24) is 19.0 Å². The fraction of sp³-hybridized carbons (Fsp3) is 0.467. The monoisotopic (exact) mass is 548 g/mol. The number of para-hydroxylation sites is 1. The first kappa shape index (κ1) is 26.6. The second-order valence-electron chi connectivity index (χ2n) is 11.0. The molecule has 6 rings (SSSR count). The number of fused-ring (bicyclic) bond motifs is 1. The van der Waals surface area contributed by atoms with Crippen LogP contribution in [0.2, 0.25) is 0 Å². The Kier molecular flexibility index (Phi) is 6.92. The van der Waals surface area contributed by atoms with Gasteiger partial charge in [0.15, 0.2) is 5.82 Å². The van der Waals surface area contributed by atoms with Gasteiger partial charge in [-0.2, -0.15) is 0 Å². The van der Waals surface area contributed by atoms with Crippen molar-refractivity contribution in [1.29, 1.82) is 0 Å². The quantitative estimate of drug-likeness (QED) is 0.363. The number of piperidine rings is 1. The Morgan fingerprint density at radius 2 is 2.02 bits per heavy atom. The molecule has 3 atom stereocenters. The number of aliphatic hydroxyl groups is 1. The van der Waals surface area contributed by atoms with E-state index in [1.54, 1.807) is 19.2 Å². The standard InChI is InChI=1S/C30H37FN6O3/c1-4-36-28-23(11-20(13-26(28)40-3)30(39)35-16-21(31)14-22(32)17-35)33-29(36)25-12-19-7-5-8-24-27(19)37(25)18(2)15-34(24)9-6-10-38/h5,7-8,11-13,18,21-22,38H,4,6,9-10,14-17,32H2,1-3H3/t18?,21-,22-/m1/s1. The lowest BCUT2D eigenvalue weighted by Gasteiger charge is -2.35. The van der Waals surface area contributed by atoms with Crippen LogP contribution in [0.25, 0.3) is 33.5 Å². The van der Waals surface area contributed by atoms with Crippen LogP contribution >= 0.6 is 0 Å². The van der Waals surface area contributed by atoms with Crippen LogP contribution in [0.5, 0.6) is 5.75 Å². The second-order valence-corrected chi connectivity index (χ2v) is 11.0. The number of methoxy groups -OCH3 is 1. The van der Waals surface area contributed by atoms with Crippen LogP contribution in [-0.2, 0) is 6.54 Å². The number of aromatic nitrogens is 3. The third-order valence-electron chi connectivity index (χ3n) is 8.23. The summed E-state index contributed by atoms with van der Waals surface area (Å²) in [6, 6.07) is 11.8. The molecular formula is C30H37FN6O3. The highest BCUT2D eigenvalue weighted by atomic mass is 19.1. The summed E-state index contributed by atoms with van der Waals surface area (Å²) in [7, 11) is 1.59. The second kappa shape index (κ2) is 10.4. The topological polar surface area (TPSA) is 102 Å². The van der Waals surface area contributed by atoms with E-state index in [2.05, 4.69) is 52.1 Å². The number of carbonyl (C=O) groups is 1. The molecule has 0 radical (unpaired) electrons. The minimum absolute atomic E-state index is 0.0389. The van der Waals surface area contributed by atoms with Gasteiger partial charge in [0.2, 0.25) is 0 Å². The minimum atomic E-state index is -1.13. The van der Waals surface area contributed by atoms with Crippen molar-refractivity contribution >= 4 is 33.5 Å². The molecule has 4 heterocycles. The van der Waals surface area contributed by atoms with E-state index in [4.69, 9.17) is 15.5 Å². The van der Waals surface area contributed by atoms with Crippen LogP contribution < -0.4 is 15.4 Å². The first-order valence-corrected chi connectivity index (χ1v) is 14.1.